The van der Waals surface area contributed by atoms with Crippen LogP contribution in [0.5, 0.6) is 5.75 Å². The van der Waals surface area contributed by atoms with Gasteiger partial charge < -0.3 is 9.47 Å². The van der Waals surface area contributed by atoms with E-state index in [0.717, 1.165) is 19.3 Å². The zero-order chi connectivity index (χ0) is 22.3. The Morgan fingerprint density at radius 1 is 1.00 bits per heavy atom. The van der Waals surface area contributed by atoms with Gasteiger partial charge in [0.05, 0.1) is 13.0 Å². The molecule has 2 aromatic carbocycles. The van der Waals surface area contributed by atoms with Gasteiger partial charge in [-0.3, -0.25) is 10.1 Å². The maximum atomic E-state index is 12.5. The predicted octanol–water partition coefficient (Wildman–Crippen LogP) is 5.49. The number of amides is 2. The number of carbonyl (C=O) groups excluding carboxylic acids is 2. The maximum absolute atomic E-state index is 12.5. The SMILES string of the molecule is C[C@@H]1CC[C@@H](C(C)(C)c2ccccc2)[C@H](OC(=O)NC(=O)CCOc2ccccc2)C1. The molecule has 5 nitrogen and oxygen atoms in total. The van der Waals surface area contributed by atoms with E-state index in [1.54, 1.807) is 0 Å². The molecule has 1 aliphatic carbocycles. The van der Waals surface area contributed by atoms with Crippen LogP contribution in [0.25, 0.3) is 0 Å². The van der Waals surface area contributed by atoms with Gasteiger partial charge in [-0.1, -0.05) is 75.7 Å². The quantitative estimate of drug-likeness (QED) is 0.639. The lowest BCUT2D eigenvalue weighted by atomic mass is 9.64. The first-order valence-corrected chi connectivity index (χ1v) is 11.1. The van der Waals surface area contributed by atoms with Gasteiger partial charge in [0.15, 0.2) is 0 Å². The zero-order valence-electron chi connectivity index (χ0n) is 18.7. The van der Waals surface area contributed by atoms with Crippen molar-refractivity contribution in [3.8, 4) is 5.75 Å². The van der Waals surface area contributed by atoms with Crippen molar-refractivity contribution in [1.29, 1.82) is 0 Å². The van der Waals surface area contributed by atoms with Crippen molar-refractivity contribution in [1.82, 2.24) is 5.32 Å². The summed E-state index contributed by atoms with van der Waals surface area (Å²) in [4.78, 5) is 24.6. The van der Waals surface area contributed by atoms with Gasteiger partial charge in [-0.05, 0) is 41.9 Å². The van der Waals surface area contributed by atoms with Gasteiger partial charge in [0.1, 0.15) is 11.9 Å². The molecule has 31 heavy (non-hydrogen) atoms. The van der Waals surface area contributed by atoms with Crippen LogP contribution < -0.4 is 10.1 Å². The number of alkyl carbamates (subject to hydrolysis) is 1. The summed E-state index contributed by atoms with van der Waals surface area (Å²) in [7, 11) is 0. The molecule has 0 aromatic heterocycles. The topological polar surface area (TPSA) is 64.6 Å². The number of benzene rings is 2. The second kappa shape index (κ2) is 10.5. The van der Waals surface area contributed by atoms with Gasteiger partial charge in [-0.25, -0.2) is 4.79 Å². The first kappa shape index (κ1) is 22.9. The van der Waals surface area contributed by atoms with Crippen molar-refractivity contribution < 1.29 is 19.1 Å². The minimum Gasteiger partial charge on any atom is -0.493 e. The molecule has 5 heteroatoms. The minimum atomic E-state index is -0.669. The van der Waals surface area contributed by atoms with E-state index >= 15 is 0 Å². The molecule has 0 saturated heterocycles. The highest BCUT2D eigenvalue weighted by atomic mass is 16.6. The molecule has 0 unspecified atom stereocenters. The van der Waals surface area contributed by atoms with E-state index in [-0.39, 0.29) is 30.5 Å². The molecule has 1 saturated carbocycles. The van der Waals surface area contributed by atoms with Crippen molar-refractivity contribution in [3.05, 3.63) is 66.2 Å². The summed E-state index contributed by atoms with van der Waals surface area (Å²) >= 11 is 0. The van der Waals surface area contributed by atoms with Crippen LogP contribution in [0.1, 0.15) is 52.0 Å². The van der Waals surface area contributed by atoms with Crippen LogP contribution in [0, 0.1) is 11.8 Å². The molecule has 1 fully saturated rings. The molecule has 3 rings (SSSR count). The van der Waals surface area contributed by atoms with Crippen molar-refractivity contribution in [2.24, 2.45) is 11.8 Å². The zero-order valence-corrected chi connectivity index (χ0v) is 18.7. The van der Waals surface area contributed by atoms with Gasteiger partial charge in [-0.2, -0.15) is 0 Å². The summed E-state index contributed by atoms with van der Waals surface area (Å²) in [6, 6.07) is 19.6. The fourth-order valence-electron chi connectivity index (χ4n) is 4.49. The minimum absolute atomic E-state index is 0.0873. The molecule has 0 radical (unpaired) electrons. The average Bonchev–Trinajstić information content (AvgIpc) is 2.75. The smallest absolute Gasteiger partial charge is 0.414 e. The molecule has 0 aliphatic heterocycles. The number of rotatable bonds is 7. The maximum Gasteiger partial charge on any atom is 0.414 e. The third-order valence-electron chi connectivity index (χ3n) is 6.34. The summed E-state index contributed by atoms with van der Waals surface area (Å²) in [5.74, 6) is 0.965. The number of carbonyl (C=O) groups is 2. The van der Waals surface area contributed by atoms with Crippen LogP contribution >= 0.6 is 0 Å². The Hall–Kier alpha value is -2.82. The Morgan fingerprint density at radius 3 is 2.32 bits per heavy atom. The van der Waals surface area contributed by atoms with Gasteiger partial charge in [0.2, 0.25) is 5.91 Å². The molecule has 2 aromatic rings. The molecule has 2 amide bonds. The largest absolute Gasteiger partial charge is 0.493 e. The number of nitrogens with one attached hydrogen (secondary N) is 1. The Labute approximate surface area is 185 Å². The van der Waals surface area contributed by atoms with E-state index in [4.69, 9.17) is 9.47 Å². The Kier molecular flexibility index (Phi) is 7.72. The summed E-state index contributed by atoms with van der Waals surface area (Å²) in [5.41, 5.74) is 1.09. The highest BCUT2D eigenvalue weighted by molar-refractivity contribution is 5.91. The first-order valence-electron chi connectivity index (χ1n) is 11.1. The van der Waals surface area contributed by atoms with Crippen LogP contribution in [0.15, 0.2) is 60.7 Å². The van der Waals surface area contributed by atoms with E-state index in [9.17, 15) is 9.59 Å². The van der Waals surface area contributed by atoms with E-state index < -0.39 is 12.0 Å². The van der Waals surface area contributed by atoms with Gasteiger partial charge in [0.25, 0.3) is 0 Å². The lowest BCUT2D eigenvalue weighted by Gasteiger charge is -2.43. The molecule has 0 spiro atoms. The van der Waals surface area contributed by atoms with Crippen molar-refractivity contribution in [2.45, 2.75) is 58.0 Å². The molecule has 3 atom stereocenters. The second-order valence-electron chi connectivity index (χ2n) is 9.02. The van der Waals surface area contributed by atoms with Gasteiger partial charge in [0, 0.05) is 5.92 Å². The molecular weight excluding hydrogens is 390 g/mol. The van der Waals surface area contributed by atoms with E-state index in [0.29, 0.717) is 11.7 Å². The average molecular weight is 424 g/mol. The second-order valence-corrected chi connectivity index (χ2v) is 9.02. The number of imide groups is 1. The van der Waals surface area contributed by atoms with Crippen LogP contribution in [0.4, 0.5) is 4.79 Å². The molecule has 166 valence electrons. The fourth-order valence-corrected chi connectivity index (χ4v) is 4.49. The lowest BCUT2D eigenvalue weighted by molar-refractivity contribution is -0.121. The number of hydrogen-bond donors (Lipinski definition) is 1. The molecule has 1 aliphatic rings. The Morgan fingerprint density at radius 2 is 1.65 bits per heavy atom. The van der Waals surface area contributed by atoms with Crippen LogP contribution in [0.2, 0.25) is 0 Å². The van der Waals surface area contributed by atoms with Gasteiger partial charge in [-0.15, -0.1) is 0 Å². The molecular formula is C26H33NO4. The van der Waals surface area contributed by atoms with E-state index in [2.05, 4.69) is 38.2 Å². The van der Waals surface area contributed by atoms with Crippen molar-refractivity contribution in [3.63, 3.8) is 0 Å². The van der Waals surface area contributed by atoms with Crippen LogP contribution in [-0.2, 0) is 14.9 Å². The van der Waals surface area contributed by atoms with Crippen molar-refractivity contribution in [2.75, 3.05) is 6.61 Å². The summed E-state index contributed by atoms with van der Waals surface area (Å²) < 4.78 is 11.3. The predicted molar refractivity (Wildman–Crippen MR) is 121 cm³/mol. The van der Waals surface area contributed by atoms with Crippen LogP contribution in [-0.4, -0.2) is 24.7 Å². The lowest BCUT2D eigenvalue weighted by Crippen LogP contribution is -2.45. The summed E-state index contributed by atoms with van der Waals surface area (Å²) in [6.45, 7) is 6.81. The standard InChI is InChI=1S/C26H33NO4/c1-19-14-15-22(26(2,3)20-10-6-4-7-11-20)23(18-19)31-25(29)27-24(28)16-17-30-21-12-8-5-9-13-21/h4-13,19,22-23H,14-18H2,1-3H3,(H,27,28,29)/t19-,22-,23-/m1/s1. The highest BCUT2D eigenvalue weighted by Gasteiger charge is 2.42. The number of ether oxygens (including phenoxy) is 2. The third-order valence-corrected chi connectivity index (χ3v) is 6.34. The first-order chi connectivity index (χ1) is 14.9. The summed E-state index contributed by atoms with van der Waals surface area (Å²) in [5, 5.41) is 2.36. The van der Waals surface area contributed by atoms with Crippen LogP contribution in [0.3, 0.4) is 0 Å². The number of para-hydroxylation sites is 1. The Bertz CT molecular complexity index is 850. The number of hydrogen-bond acceptors (Lipinski definition) is 4. The molecule has 0 bridgehead atoms. The monoisotopic (exact) mass is 423 g/mol. The third kappa shape index (κ3) is 6.33. The molecule has 1 N–H and O–H groups in total. The van der Waals surface area contributed by atoms with Crippen molar-refractivity contribution >= 4 is 12.0 Å². The Balaban J connectivity index is 1.55. The highest BCUT2D eigenvalue weighted by Crippen LogP contribution is 2.43. The molecule has 0 heterocycles. The summed E-state index contributed by atoms with van der Waals surface area (Å²) in [6.07, 6.45) is 2.09. The van der Waals surface area contributed by atoms with Gasteiger partial charge >= 0.3 is 6.09 Å². The van der Waals surface area contributed by atoms with E-state index in [1.165, 1.54) is 5.56 Å². The van der Waals surface area contributed by atoms with E-state index in [1.807, 2.05) is 48.5 Å². The fraction of sp³-hybridized carbons (Fsp3) is 0.462. The normalized spacial score (nSPS) is 21.2.